The third-order valence-corrected chi connectivity index (χ3v) is 6.66. The zero-order valence-corrected chi connectivity index (χ0v) is 18.3. The lowest BCUT2D eigenvalue weighted by molar-refractivity contribution is 0.345. The standard InChI is InChI=1S/C27H29N5/c1-4-10-23(11-5-1)27(24-12-6-2-7-13-24,25-14-8-3-9-15-25)32-26(29-30-31-32)17-16-22-18-20-28-21-19-22/h1-15,22,28H,16-21H2. The van der Waals surface area contributed by atoms with Crippen molar-refractivity contribution in [3.63, 3.8) is 0 Å². The Labute approximate surface area is 189 Å². The van der Waals surface area contributed by atoms with E-state index in [1.165, 1.54) is 12.8 Å². The van der Waals surface area contributed by atoms with Gasteiger partial charge in [-0.15, -0.1) is 5.10 Å². The number of benzene rings is 3. The molecular weight excluding hydrogens is 394 g/mol. The van der Waals surface area contributed by atoms with Gasteiger partial charge in [-0.3, -0.25) is 0 Å². The van der Waals surface area contributed by atoms with Crippen LogP contribution in [0, 0.1) is 5.92 Å². The van der Waals surface area contributed by atoms with E-state index in [1.807, 2.05) is 0 Å². The summed E-state index contributed by atoms with van der Waals surface area (Å²) in [6.45, 7) is 2.22. The van der Waals surface area contributed by atoms with Gasteiger partial charge in [-0.1, -0.05) is 91.0 Å². The molecule has 0 radical (unpaired) electrons. The van der Waals surface area contributed by atoms with Crippen LogP contribution >= 0.6 is 0 Å². The predicted molar refractivity (Wildman–Crippen MR) is 126 cm³/mol. The molecule has 162 valence electrons. The maximum Gasteiger partial charge on any atom is 0.153 e. The summed E-state index contributed by atoms with van der Waals surface area (Å²) in [5.41, 5.74) is 2.80. The van der Waals surface area contributed by atoms with Gasteiger partial charge in [0.15, 0.2) is 5.82 Å². The normalized spacial score (nSPS) is 15.0. The quantitative estimate of drug-likeness (QED) is 0.446. The Bertz CT molecular complexity index is 1010. The van der Waals surface area contributed by atoms with E-state index >= 15 is 0 Å². The molecule has 0 bridgehead atoms. The van der Waals surface area contributed by atoms with E-state index in [9.17, 15) is 0 Å². The highest BCUT2D eigenvalue weighted by Gasteiger charge is 2.41. The average molecular weight is 424 g/mol. The zero-order valence-electron chi connectivity index (χ0n) is 18.3. The van der Waals surface area contributed by atoms with Gasteiger partial charge >= 0.3 is 0 Å². The van der Waals surface area contributed by atoms with E-state index in [1.54, 1.807) is 0 Å². The van der Waals surface area contributed by atoms with E-state index in [0.29, 0.717) is 0 Å². The van der Waals surface area contributed by atoms with Crippen LogP contribution in [-0.4, -0.2) is 33.3 Å². The highest BCUT2D eigenvalue weighted by Crippen LogP contribution is 2.40. The van der Waals surface area contributed by atoms with Gasteiger partial charge in [-0.2, -0.15) is 0 Å². The van der Waals surface area contributed by atoms with Gasteiger partial charge in [0.05, 0.1) is 0 Å². The van der Waals surface area contributed by atoms with Gasteiger partial charge in [0.1, 0.15) is 5.54 Å². The van der Waals surface area contributed by atoms with Gasteiger partial charge in [0.2, 0.25) is 0 Å². The molecule has 1 saturated heterocycles. The van der Waals surface area contributed by atoms with E-state index in [0.717, 1.165) is 54.4 Å². The van der Waals surface area contributed by atoms with Crippen LogP contribution < -0.4 is 5.32 Å². The molecule has 0 aliphatic carbocycles. The molecule has 1 fully saturated rings. The van der Waals surface area contributed by atoms with Gasteiger partial charge in [0, 0.05) is 6.42 Å². The first-order valence-corrected chi connectivity index (χ1v) is 11.5. The first-order chi connectivity index (χ1) is 15.9. The first kappa shape index (κ1) is 20.6. The van der Waals surface area contributed by atoms with Gasteiger partial charge < -0.3 is 5.32 Å². The Morgan fingerprint density at radius 1 is 0.750 bits per heavy atom. The Balaban J connectivity index is 1.67. The lowest BCUT2D eigenvalue weighted by Crippen LogP contribution is -2.40. The second kappa shape index (κ2) is 9.45. The SMILES string of the molecule is c1ccc(C(c2ccccc2)(c2ccccc2)n2nnnc2CCC2CCNCC2)cc1. The van der Waals surface area contributed by atoms with Crippen LogP contribution in [0.1, 0.15) is 41.8 Å². The lowest BCUT2D eigenvalue weighted by atomic mass is 9.77. The molecular formula is C27H29N5. The summed E-state index contributed by atoms with van der Waals surface area (Å²) >= 11 is 0. The number of rotatable bonds is 7. The number of nitrogens with one attached hydrogen (secondary N) is 1. The van der Waals surface area contributed by atoms with E-state index in [-0.39, 0.29) is 0 Å². The first-order valence-electron chi connectivity index (χ1n) is 11.5. The molecule has 1 N–H and O–H groups in total. The number of tetrazole rings is 1. The molecule has 2 heterocycles. The van der Waals surface area contributed by atoms with Crippen LogP contribution in [0.15, 0.2) is 91.0 Å². The Morgan fingerprint density at radius 2 is 1.25 bits per heavy atom. The number of nitrogens with zero attached hydrogens (tertiary/aromatic N) is 4. The average Bonchev–Trinajstić information content (AvgIpc) is 3.35. The van der Waals surface area contributed by atoms with Crippen molar-refractivity contribution in [3.05, 3.63) is 114 Å². The van der Waals surface area contributed by atoms with Crippen molar-refractivity contribution in [1.82, 2.24) is 25.5 Å². The number of aryl methyl sites for hydroxylation is 1. The Morgan fingerprint density at radius 3 is 1.75 bits per heavy atom. The third kappa shape index (κ3) is 3.84. The molecule has 1 aliphatic heterocycles. The minimum absolute atomic E-state index is 0.642. The number of hydrogen-bond acceptors (Lipinski definition) is 4. The lowest BCUT2D eigenvalue weighted by Gasteiger charge is -2.36. The zero-order chi connectivity index (χ0) is 21.6. The maximum atomic E-state index is 4.62. The smallest absolute Gasteiger partial charge is 0.153 e. The molecule has 5 nitrogen and oxygen atoms in total. The van der Waals surface area contributed by atoms with Crippen molar-refractivity contribution in [1.29, 1.82) is 0 Å². The molecule has 32 heavy (non-hydrogen) atoms. The minimum atomic E-state index is -0.642. The molecule has 0 spiro atoms. The predicted octanol–water partition coefficient (Wildman–Crippen LogP) is 4.45. The van der Waals surface area contributed by atoms with Crippen molar-refractivity contribution in [2.75, 3.05) is 13.1 Å². The van der Waals surface area contributed by atoms with Crippen LogP contribution in [0.2, 0.25) is 0 Å². The Hall–Kier alpha value is -3.31. The second-order valence-corrected chi connectivity index (χ2v) is 8.55. The number of aromatic nitrogens is 4. The Kier molecular flexibility index (Phi) is 6.08. The van der Waals surface area contributed by atoms with Crippen LogP contribution in [0.25, 0.3) is 0 Å². The molecule has 1 aromatic heterocycles. The summed E-state index contributed by atoms with van der Waals surface area (Å²) in [7, 11) is 0. The molecule has 5 rings (SSSR count). The third-order valence-electron chi connectivity index (χ3n) is 6.66. The van der Waals surface area contributed by atoms with Crippen molar-refractivity contribution in [2.45, 2.75) is 31.2 Å². The van der Waals surface area contributed by atoms with Crippen molar-refractivity contribution in [2.24, 2.45) is 5.92 Å². The largest absolute Gasteiger partial charge is 0.317 e. The minimum Gasteiger partial charge on any atom is -0.317 e. The molecule has 0 amide bonds. The van der Waals surface area contributed by atoms with Crippen LogP contribution in [0.4, 0.5) is 0 Å². The van der Waals surface area contributed by atoms with Crippen LogP contribution in [0.5, 0.6) is 0 Å². The van der Waals surface area contributed by atoms with Gasteiger partial charge in [0.25, 0.3) is 0 Å². The summed E-state index contributed by atoms with van der Waals surface area (Å²) in [5.74, 6) is 1.65. The van der Waals surface area contributed by atoms with Crippen molar-refractivity contribution < 1.29 is 0 Å². The van der Waals surface area contributed by atoms with Crippen LogP contribution in [-0.2, 0) is 12.0 Å². The maximum absolute atomic E-state index is 4.62. The summed E-state index contributed by atoms with van der Waals surface area (Å²) < 4.78 is 2.06. The second-order valence-electron chi connectivity index (χ2n) is 8.55. The number of hydrogen-bond donors (Lipinski definition) is 1. The topological polar surface area (TPSA) is 55.6 Å². The van der Waals surface area contributed by atoms with E-state index in [4.69, 9.17) is 0 Å². The summed E-state index contributed by atoms with van der Waals surface area (Å²) in [6.07, 6.45) is 4.42. The van der Waals surface area contributed by atoms with Crippen molar-refractivity contribution in [3.8, 4) is 0 Å². The molecule has 0 saturated carbocycles. The fraction of sp³-hybridized carbons (Fsp3) is 0.296. The molecule has 0 unspecified atom stereocenters. The highest BCUT2D eigenvalue weighted by atomic mass is 15.6. The van der Waals surface area contributed by atoms with E-state index < -0.39 is 5.54 Å². The van der Waals surface area contributed by atoms with Crippen LogP contribution in [0.3, 0.4) is 0 Å². The van der Waals surface area contributed by atoms with Gasteiger partial charge in [-0.25, -0.2) is 4.68 Å². The highest BCUT2D eigenvalue weighted by molar-refractivity contribution is 5.50. The van der Waals surface area contributed by atoms with Crippen molar-refractivity contribution >= 4 is 0 Å². The molecule has 4 aromatic rings. The monoisotopic (exact) mass is 423 g/mol. The van der Waals surface area contributed by atoms with Gasteiger partial charge in [-0.05, 0) is 65.4 Å². The summed E-state index contributed by atoms with van der Waals surface area (Å²) in [5, 5.41) is 16.8. The molecule has 0 atom stereocenters. The molecule has 5 heteroatoms. The van der Waals surface area contributed by atoms with E-state index in [2.05, 4.69) is 117 Å². The molecule has 1 aliphatic rings. The summed E-state index contributed by atoms with van der Waals surface area (Å²) in [6, 6.07) is 31.8. The fourth-order valence-electron chi connectivity index (χ4n) is 5.03. The number of piperidine rings is 1. The fourth-order valence-corrected chi connectivity index (χ4v) is 5.03. The molecule has 3 aromatic carbocycles. The summed E-state index contributed by atoms with van der Waals surface area (Å²) in [4.78, 5) is 0.